The molecular formula is C13H14Cl2F3NO2. The van der Waals surface area contributed by atoms with Crippen LogP contribution in [0, 0.1) is 5.41 Å². The van der Waals surface area contributed by atoms with Gasteiger partial charge in [-0.1, -0.05) is 25.4 Å². The molecule has 0 aromatic heterocycles. The van der Waals surface area contributed by atoms with Gasteiger partial charge < -0.3 is 10.1 Å². The predicted molar refractivity (Wildman–Crippen MR) is 74.7 cm³/mol. The van der Waals surface area contributed by atoms with Gasteiger partial charge in [0, 0.05) is 10.4 Å². The number of ether oxygens (including phenoxy) is 1. The van der Waals surface area contributed by atoms with Crippen LogP contribution in [0.2, 0.25) is 5.02 Å². The molecule has 21 heavy (non-hydrogen) atoms. The summed E-state index contributed by atoms with van der Waals surface area (Å²) < 4.78 is 43.2. The Kier molecular flexibility index (Phi) is 5.05. The van der Waals surface area contributed by atoms with Crippen molar-refractivity contribution in [3.05, 3.63) is 34.3 Å². The molecule has 1 aliphatic heterocycles. The van der Waals surface area contributed by atoms with E-state index >= 15 is 0 Å². The van der Waals surface area contributed by atoms with E-state index in [2.05, 4.69) is 5.32 Å². The Bertz CT molecular complexity index is 547. The van der Waals surface area contributed by atoms with E-state index in [0.29, 0.717) is 0 Å². The summed E-state index contributed by atoms with van der Waals surface area (Å²) in [5.41, 5.74) is -1.13. The number of benzene rings is 1. The maximum atomic E-state index is 12.8. The number of nitrogens with one attached hydrogen (secondary N) is 1. The van der Waals surface area contributed by atoms with E-state index in [-0.39, 0.29) is 29.6 Å². The third kappa shape index (κ3) is 3.74. The standard InChI is InChI=1S/C13H13ClF3NO2.ClH/c1-12(2)6-20-11(19)18-10(12)8-5-7(13(15,16)17)3-4-9(8)14;/h3-5,10H,6H2,1-2H3,(H,18,19);1H/t10-;/m0./s1. The van der Waals surface area contributed by atoms with Crippen LogP contribution in [0.25, 0.3) is 0 Å². The van der Waals surface area contributed by atoms with E-state index in [1.165, 1.54) is 6.07 Å². The number of carbonyl (C=O) groups is 1. The number of carbonyl (C=O) groups excluding carboxylic acids is 1. The summed E-state index contributed by atoms with van der Waals surface area (Å²) in [5.74, 6) is 0. The van der Waals surface area contributed by atoms with Crippen LogP contribution in [0.5, 0.6) is 0 Å². The lowest BCUT2D eigenvalue weighted by molar-refractivity contribution is -0.137. The fraction of sp³-hybridized carbons (Fsp3) is 0.462. The third-order valence-electron chi connectivity index (χ3n) is 3.25. The smallest absolute Gasteiger partial charge is 0.416 e. The van der Waals surface area contributed by atoms with Gasteiger partial charge >= 0.3 is 12.3 Å². The zero-order valence-corrected chi connectivity index (χ0v) is 12.8. The molecule has 118 valence electrons. The van der Waals surface area contributed by atoms with Gasteiger partial charge in [-0.3, -0.25) is 0 Å². The van der Waals surface area contributed by atoms with Crippen molar-refractivity contribution in [2.75, 3.05) is 6.61 Å². The molecule has 1 amide bonds. The highest BCUT2D eigenvalue weighted by molar-refractivity contribution is 6.31. The Morgan fingerprint density at radius 1 is 1.38 bits per heavy atom. The molecule has 8 heteroatoms. The minimum atomic E-state index is -4.46. The molecule has 3 nitrogen and oxygen atoms in total. The first-order valence-corrected chi connectivity index (χ1v) is 6.29. The van der Waals surface area contributed by atoms with Crippen molar-refractivity contribution in [2.45, 2.75) is 26.1 Å². The van der Waals surface area contributed by atoms with Gasteiger partial charge in [0.1, 0.15) is 6.61 Å². The van der Waals surface area contributed by atoms with E-state index in [1.807, 2.05) is 0 Å². The average molecular weight is 344 g/mol. The van der Waals surface area contributed by atoms with Crippen LogP contribution >= 0.6 is 24.0 Å². The minimum Gasteiger partial charge on any atom is -0.449 e. The highest BCUT2D eigenvalue weighted by Gasteiger charge is 2.40. The number of halogens is 5. The molecule has 2 rings (SSSR count). The van der Waals surface area contributed by atoms with Crippen molar-refractivity contribution < 1.29 is 22.7 Å². The van der Waals surface area contributed by atoms with Crippen molar-refractivity contribution in [3.63, 3.8) is 0 Å². The Labute approximate surface area is 131 Å². The zero-order valence-electron chi connectivity index (χ0n) is 11.3. The normalized spacial score (nSPS) is 21.0. The lowest BCUT2D eigenvalue weighted by Crippen LogP contribution is -2.47. The molecule has 0 aliphatic carbocycles. The lowest BCUT2D eigenvalue weighted by atomic mass is 9.80. The molecule has 1 saturated heterocycles. The summed E-state index contributed by atoms with van der Waals surface area (Å²) in [7, 11) is 0. The highest BCUT2D eigenvalue weighted by Crippen LogP contribution is 2.41. The summed E-state index contributed by atoms with van der Waals surface area (Å²) >= 11 is 6.00. The number of cyclic esters (lactones) is 1. The fourth-order valence-electron chi connectivity index (χ4n) is 2.13. The van der Waals surface area contributed by atoms with E-state index in [9.17, 15) is 18.0 Å². The van der Waals surface area contributed by atoms with Gasteiger partial charge in [-0.05, 0) is 23.8 Å². The first-order valence-electron chi connectivity index (χ1n) is 5.91. The molecular weight excluding hydrogens is 330 g/mol. The molecule has 1 fully saturated rings. The maximum absolute atomic E-state index is 12.8. The van der Waals surface area contributed by atoms with Crippen molar-refractivity contribution in [2.24, 2.45) is 5.41 Å². The molecule has 1 atom stereocenters. The molecule has 0 saturated carbocycles. The SMILES string of the molecule is CC1(C)COC(=O)N[C@H]1c1cc(C(F)(F)F)ccc1Cl.Cl. The van der Waals surface area contributed by atoms with Gasteiger partial charge in [0.05, 0.1) is 11.6 Å². The van der Waals surface area contributed by atoms with Crippen LogP contribution in [-0.2, 0) is 10.9 Å². The van der Waals surface area contributed by atoms with Crippen molar-refractivity contribution in [1.29, 1.82) is 0 Å². The molecule has 0 unspecified atom stereocenters. The van der Waals surface area contributed by atoms with Crippen LogP contribution in [0.1, 0.15) is 31.0 Å². The minimum absolute atomic E-state index is 0. The number of hydrogen-bond donors (Lipinski definition) is 1. The summed E-state index contributed by atoms with van der Waals surface area (Å²) in [4.78, 5) is 11.3. The largest absolute Gasteiger partial charge is 0.449 e. The van der Waals surface area contributed by atoms with Crippen LogP contribution in [0.4, 0.5) is 18.0 Å². The Hall–Kier alpha value is -1.14. The van der Waals surface area contributed by atoms with Crippen LogP contribution in [0.15, 0.2) is 18.2 Å². The van der Waals surface area contributed by atoms with Crippen LogP contribution < -0.4 is 5.32 Å². The monoisotopic (exact) mass is 343 g/mol. The zero-order chi connectivity index (χ0) is 15.1. The summed E-state index contributed by atoms with van der Waals surface area (Å²) in [6.45, 7) is 3.68. The first-order chi connectivity index (χ1) is 9.11. The molecule has 0 bridgehead atoms. The summed E-state index contributed by atoms with van der Waals surface area (Å²) in [6, 6.07) is 2.44. The number of alkyl halides is 3. The summed E-state index contributed by atoms with van der Waals surface area (Å²) in [6.07, 6.45) is -5.12. The van der Waals surface area contributed by atoms with E-state index in [4.69, 9.17) is 16.3 Å². The van der Waals surface area contributed by atoms with Gasteiger partial charge in [-0.25, -0.2) is 4.79 Å². The Balaban J connectivity index is 0.00000220. The highest BCUT2D eigenvalue weighted by atomic mass is 35.5. The Morgan fingerprint density at radius 2 is 2.00 bits per heavy atom. The van der Waals surface area contributed by atoms with E-state index in [1.54, 1.807) is 13.8 Å². The molecule has 1 aromatic carbocycles. The van der Waals surface area contributed by atoms with Crippen molar-refractivity contribution >= 4 is 30.1 Å². The quantitative estimate of drug-likeness (QED) is 0.809. The average Bonchev–Trinajstić information content (AvgIpc) is 2.32. The van der Waals surface area contributed by atoms with Gasteiger partial charge in [0.2, 0.25) is 0 Å². The number of rotatable bonds is 1. The van der Waals surface area contributed by atoms with Gasteiger partial charge in [-0.15, -0.1) is 12.4 Å². The summed E-state index contributed by atoms with van der Waals surface area (Å²) in [5, 5.41) is 2.71. The molecule has 1 N–H and O–H groups in total. The fourth-order valence-corrected chi connectivity index (χ4v) is 2.36. The molecule has 1 heterocycles. The second kappa shape index (κ2) is 5.93. The van der Waals surface area contributed by atoms with E-state index in [0.717, 1.165) is 12.1 Å². The topological polar surface area (TPSA) is 38.3 Å². The van der Waals surface area contributed by atoms with Gasteiger partial charge in [0.15, 0.2) is 0 Å². The molecule has 1 aliphatic rings. The van der Waals surface area contributed by atoms with Crippen LogP contribution in [-0.4, -0.2) is 12.7 Å². The number of hydrogen-bond acceptors (Lipinski definition) is 2. The molecule has 0 radical (unpaired) electrons. The first kappa shape index (κ1) is 17.9. The second-order valence-electron chi connectivity index (χ2n) is 5.38. The second-order valence-corrected chi connectivity index (χ2v) is 5.78. The Morgan fingerprint density at radius 3 is 2.57 bits per heavy atom. The van der Waals surface area contributed by atoms with Crippen LogP contribution in [0.3, 0.4) is 0 Å². The molecule has 1 aromatic rings. The van der Waals surface area contributed by atoms with Crippen molar-refractivity contribution in [1.82, 2.24) is 5.32 Å². The van der Waals surface area contributed by atoms with E-state index < -0.39 is 29.3 Å². The van der Waals surface area contributed by atoms with Gasteiger partial charge in [0.25, 0.3) is 0 Å². The molecule has 0 spiro atoms. The lowest BCUT2D eigenvalue weighted by Gasteiger charge is -2.39. The maximum Gasteiger partial charge on any atom is 0.416 e. The number of amides is 1. The van der Waals surface area contributed by atoms with Crippen molar-refractivity contribution in [3.8, 4) is 0 Å². The third-order valence-corrected chi connectivity index (χ3v) is 3.60. The predicted octanol–water partition coefficient (Wildman–Crippen LogP) is 4.59. The van der Waals surface area contributed by atoms with Gasteiger partial charge in [-0.2, -0.15) is 13.2 Å². The number of alkyl carbamates (subject to hydrolysis) is 1.